The van der Waals surface area contributed by atoms with Gasteiger partial charge in [0.05, 0.1) is 18.8 Å². The molecule has 18 heavy (non-hydrogen) atoms. The summed E-state index contributed by atoms with van der Waals surface area (Å²) in [5, 5.41) is 17.4. The Morgan fingerprint density at radius 1 is 1.22 bits per heavy atom. The van der Waals surface area contributed by atoms with Crippen molar-refractivity contribution in [3.05, 3.63) is 29.6 Å². The van der Waals surface area contributed by atoms with E-state index in [1.54, 1.807) is 4.68 Å². The van der Waals surface area contributed by atoms with Crippen molar-refractivity contribution in [3.8, 4) is 0 Å². The Bertz CT molecular complexity index is 502. The lowest BCUT2D eigenvalue weighted by atomic mass is 10.3. The quantitative estimate of drug-likeness (QED) is 0.819. The first-order valence-electron chi connectivity index (χ1n) is 6.19. The molecule has 0 fully saturated rings. The second-order valence-corrected chi connectivity index (χ2v) is 4.38. The van der Waals surface area contributed by atoms with Gasteiger partial charge in [-0.05, 0) is 26.3 Å². The third-order valence-corrected chi connectivity index (χ3v) is 2.88. The smallest absolute Gasteiger partial charge is 0.138 e. The van der Waals surface area contributed by atoms with Crippen LogP contribution < -0.4 is 0 Å². The van der Waals surface area contributed by atoms with Gasteiger partial charge in [0, 0.05) is 18.7 Å². The highest BCUT2D eigenvalue weighted by Gasteiger charge is 2.05. The van der Waals surface area contributed by atoms with Crippen molar-refractivity contribution in [2.75, 3.05) is 6.61 Å². The Morgan fingerprint density at radius 3 is 2.72 bits per heavy atom. The molecule has 0 aromatic carbocycles. The monoisotopic (exact) mass is 249 g/mol. The SMILES string of the molecule is Cc1cc(C)n(CCCc2ncnn2CCO)n1. The normalized spacial score (nSPS) is 11.1. The van der Waals surface area contributed by atoms with Crippen molar-refractivity contribution < 1.29 is 5.11 Å². The molecule has 98 valence electrons. The molecule has 0 aliphatic heterocycles. The van der Waals surface area contributed by atoms with Gasteiger partial charge in [-0.3, -0.25) is 4.68 Å². The number of hydrogen-bond donors (Lipinski definition) is 1. The maximum Gasteiger partial charge on any atom is 0.138 e. The van der Waals surface area contributed by atoms with E-state index in [0.29, 0.717) is 6.54 Å². The fourth-order valence-electron chi connectivity index (χ4n) is 2.05. The summed E-state index contributed by atoms with van der Waals surface area (Å²) >= 11 is 0. The van der Waals surface area contributed by atoms with Gasteiger partial charge in [0.1, 0.15) is 12.2 Å². The zero-order valence-corrected chi connectivity index (χ0v) is 10.9. The number of aromatic nitrogens is 5. The Morgan fingerprint density at radius 2 is 2.06 bits per heavy atom. The van der Waals surface area contributed by atoms with Crippen molar-refractivity contribution in [2.45, 2.75) is 39.8 Å². The number of aliphatic hydroxyl groups excluding tert-OH is 1. The Balaban J connectivity index is 1.88. The van der Waals surface area contributed by atoms with Gasteiger partial charge in [0.2, 0.25) is 0 Å². The van der Waals surface area contributed by atoms with E-state index < -0.39 is 0 Å². The number of aryl methyl sites for hydroxylation is 4. The zero-order valence-electron chi connectivity index (χ0n) is 10.9. The van der Waals surface area contributed by atoms with Crippen LogP contribution >= 0.6 is 0 Å². The molecule has 0 atom stereocenters. The molecule has 0 radical (unpaired) electrons. The molecule has 1 N–H and O–H groups in total. The van der Waals surface area contributed by atoms with Crippen LogP contribution in [0.3, 0.4) is 0 Å². The molecule has 0 unspecified atom stereocenters. The van der Waals surface area contributed by atoms with Crippen LogP contribution in [0.15, 0.2) is 12.4 Å². The highest BCUT2D eigenvalue weighted by atomic mass is 16.3. The van der Waals surface area contributed by atoms with E-state index in [4.69, 9.17) is 5.11 Å². The van der Waals surface area contributed by atoms with Gasteiger partial charge in [-0.1, -0.05) is 0 Å². The topological polar surface area (TPSA) is 68.8 Å². The molecule has 0 amide bonds. The summed E-state index contributed by atoms with van der Waals surface area (Å²) in [7, 11) is 0. The van der Waals surface area contributed by atoms with Crippen LogP contribution in [0.5, 0.6) is 0 Å². The molecular weight excluding hydrogens is 230 g/mol. The average molecular weight is 249 g/mol. The molecular formula is C12H19N5O. The molecule has 6 heteroatoms. The first-order chi connectivity index (χ1) is 8.70. The van der Waals surface area contributed by atoms with Crippen molar-refractivity contribution in [1.29, 1.82) is 0 Å². The van der Waals surface area contributed by atoms with Crippen LogP contribution in [0, 0.1) is 13.8 Å². The Labute approximate surface area is 106 Å². The standard InChI is InChI=1S/C12H19N5O/c1-10-8-11(2)16(15-10)5-3-4-12-13-9-14-17(12)6-7-18/h8-9,18H,3-7H2,1-2H3. The van der Waals surface area contributed by atoms with Crippen LogP contribution in [0.1, 0.15) is 23.6 Å². The van der Waals surface area contributed by atoms with Gasteiger partial charge in [-0.2, -0.15) is 10.2 Å². The lowest BCUT2D eigenvalue weighted by Gasteiger charge is -2.05. The molecule has 2 heterocycles. The van der Waals surface area contributed by atoms with E-state index in [2.05, 4.69) is 28.2 Å². The van der Waals surface area contributed by atoms with Gasteiger partial charge >= 0.3 is 0 Å². The Hall–Kier alpha value is -1.69. The molecule has 2 aromatic heterocycles. The highest BCUT2D eigenvalue weighted by molar-refractivity contribution is 5.06. The summed E-state index contributed by atoms with van der Waals surface area (Å²) in [6, 6.07) is 2.08. The summed E-state index contributed by atoms with van der Waals surface area (Å²) < 4.78 is 3.77. The van der Waals surface area contributed by atoms with Gasteiger partial charge < -0.3 is 5.11 Å². The number of nitrogens with zero attached hydrogens (tertiary/aromatic N) is 5. The molecule has 0 saturated heterocycles. The van der Waals surface area contributed by atoms with Crippen molar-refractivity contribution in [3.63, 3.8) is 0 Å². The van der Waals surface area contributed by atoms with E-state index in [0.717, 1.165) is 30.9 Å². The minimum Gasteiger partial charge on any atom is -0.394 e. The van der Waals surface area contributed by atoms with Crippen LogP contribution in [0.2, 0.25) is 0 Å². The molecule has 0 saturated carbocycles. The lowest BCUT2D eigenvalue weighted by Crippen LogP contribution is -2.10. The van der Waals surface area contributed by atoms with Gasteiger partial charge in [-0.15, -0.1) is 0 Å². The molecule has 2 rings (SSSR count). The van der Waals surface area contributed by atoms with E-state index in [-0.39, 0.29) is 6.61 Å². The van der Waals surface area contributed by atoms with E-state index in [1.807, 2.05) is 11.6 Å². The fraction of sp³-hybridized carbons (Fsp3) is 0.583. The van der Waals surface area contributed by atoms with Crippen LogP contribution in [0.25, 0.3) is 0 Å². The van der Waals surface area contributed by atoms with E-state index in [9.17, 15) is 0 Å². The average Bonchev–Trinajstić information content (AvgIpc) is 2.88. The number of rotatable bonds is 6. The van der Waals surface area contributed by atoms with E-state index >= 15 is 0 Å². The largest absolute Gasteiger partial charge is 0.394 e. The molecule has 0 spiro atoms. The van der Waals surface area contributed by atoms with Crippen molar-refractivity contribution in [2.24, 2.45) is 0 Å². The van der Waals surface area contributed by atoms with Crippen LogP contribution in [-0.4, -0.2) is 36.3 Å². The Kier molecular flexibility index (Phi) is 4.09. The van der Waals surface area contributed by atoms with Crippen molar-refractivity contribution >= 4 is 0 Å². The van der Waals surface area contributed by atoms with Crippen molar-refractivity contribution in [1.82, 2.24) is 24.5 Å². The third kappa shape index (κ3) is 2.95. The lowest BCUT2D eigenvalue weighted by molar-refractivity contribution is 0.266. The fourth-order valence-corrected chi connectivity index (χ4v) is 2.05. The number of hydrogen-bond acceptors (Lipinski definition) is 4. The maximum atomic E-state index is 8.90. The molecule has 0 bridgehead atoms. The minimum absolute atomic E-state index is 0.0911. The third-order valence-electron chi connectivity index (χ3n) is 2.88. The summed E-state index contributed by atoms with van der Waals surface area (Å²) in [5.74, 6) is 0.922. The highest BCUT2D eigenvalue weighted by Crippen LogP contribution is 2.05. The van der Waals surface area contributed by atoms with Gasteiger partial charge in [0.15, 0.2) is 0 Å². The minimum atomic E-state index is 0.0911. The summed E-state index contributed by atoms with van der Waals surface area (Å²) in [5.41, 5.74) is 2.24. The molecule has 2 aromatic rings. The van der Waals surface area contributed by atoms with Gasteiger partial charge in [0.25, 0.3) is 0 Å². The molecule has 0 aliphatic rings. The summed E-state index contributed by atoms with van der Waals surface area (Å²) in [4.78, 5) is 4.20. The second-order valence-electron chi connectivity index (χ2n) is 4.38. The predicted molar refractivity (Wildman–Crippen MR) is 67.1 cm³/mol. The summed E-state index contributed by atoms with van der Waals surface area (Å²) in [6.45, 7) is 5.55. The first-order valence-corrected chi connectivity index (χ1v) is 6.19. The second kappa shape index (κ2) is 5.77. The molecule has 6 nitrogen and oxygen atoms in total. The predicted octanol–water partition coefficient (Wildman–Crippen LogP) is 0.717. The van der Waals surface area contributed by atoms with Crippen LogP contribution in [0.4, 0.5) is 0 Å². The summed E-state index contributed by atoms with van der Waals surface area (Å²) in [6.07, 6.45) is 3.35. The maximum absolute atomic E-state index is 8.90. The molecule has 0 aliphatic carbocycles. The van der Waals surface area contributed by atoms with Crippen LogP contribution in [-0.2, 0) is 19.5 Å². The van der Waals surface area contributed by atoms with Gasteiger partial charge in [-0.25, -0.2) is 9.67 Å². The first kappa shape index (κ1) is 12.8. The van der Waals surface area contributed by atoms with E-state index in [1.165, 1.54) is 12.0 Å². The number of aliphatic hydroxyl groups is 1. The zero-order chi connectivity index (χ0) is 13.0.